The lowest BCUT2D eigenvalue weighted by molar-refractivity contribution is -0.0454. The van der Waals surface area contributed by atoms with Crippen molar-refractivity contribution in [2.45, 2.75) is 18.9 Å². The molecule has 5 rings (SSSR count). The number of benzene rings is 1. The summed E-state index contributed by atoms with van der Waals surface area (Å²) >= 11 is 6.07. The summed E-state index contributed by atoms with van der Waals surface area (Å²) in [4.78, 5) is 22.0. The molecule has 0 amide bonds. The van der Waals surface area contributed by atoms with E-state index in [1.54, 1.807) is 18.5 Å². The van der Waals surface area contributed by atoms with Crippen LogP contribution in [0.3, 0.4) is 0 Å². The number of hydrogen-bond acceptors (Lipinski definition) is 4. The molecule has 2 aromatic rings. The molecular weight excluding hydrogens is 290 g/mol. The molecule has 110 valence electrons. The smallest absolute Gasteiger partial charge is 0.340 e. The summed E-state index contributed by atoms with van der Waals surface area (Å²) in [7, 11) is 0. The van der Waals surface area contributed by atoms with Gasteiger partial charge in [0.2, 0.25) is 0 Å². The van der Waals surface area contributed by atoms with Gasteiger partial charge in [-0.15, -0.1) is 0 Å². The fourth-order valence-corrected chi connectivity index (χ4v) is 3.63. The highest BCUT2D eigenvalue weighted by Crippen LogP contribution is 2.31. The van der Waals surface area contributed by atoms with Crippen molar-refractivity contribution in [1.29, 1.82) is 0 Å². The second-order valence-corrected chi connectivity index (χ2v) is 6.27. The van der Waals surface area contributed by atoms with E-state index in [0.29, 0.717) is 22.0 Å². The second-order valence-electron chi connectivity index (χ2n) is 5.83. The van der Waals surface area contributed by atoms with Crippen molar-refractivity contribution in [2.24, 2.45) is 5.92 Å². The molecule has 3 fully saturated rings. The van der Waals surface area contributed by atoms with Crippen LogP contribution in [0.5, 0.6) is 0 Å². The summed E-state index contributed by atoms with van der Waals surface area (Å²) in [6.45, 7) is 3.10. The molecular formula is C15H16ClN3O2. The maximum Gasteiger partial charge on any atom is 0.340 e. The number of aromatic amines is 1. The summed E-state index contributed by atoms with van der Waals surface area (Å²) in [5, 5.41) is 0.507. The molecule has 1 atom stereocenters. The third-order valence-corrected chi connectivity index (χ3v) is 4.78. The van der Waals surface area contributed by atoms with Crippen LogP contribution in [0.4, 0.5) is 0 Å². The largest absolute Gasteiger partial charge is 0.457 e. The van der Waals surface area contributed by atoms with Crippen molar-refractivity contribution in [3.63, 3.8) is 0 Å². The molecule has 1 unspecified atom stereocenters. The van der Waals surface area contributed by atoms with Crippen LogP contribution in [0.15, 0.2) is 18.5 Å². The van der Waals surface area contributed by atoms with E-state index in [1.165, 1.54) is 0 Å². The monoisotopic (exact) mass is 305 g/mol. The van der Waals surface area contributed by atoms with Crippen LogP contribution < -0.4 is 0 Å². The molecule has 1 aromatic heterocycles. The van der Waals surface area contributed by atoms with Gasteiger partial charge < -0.3 is 9.72 Å². The number of rotatable bonds is 2. The van der Waals surface area contributed by atoms with Gasteiger partial charge in [-0.05, 0) is 44.0 Å². The first-order valence-electron chi connectivity index (χ1n) is 7.26. The molecule has 3 aliphatic rings. The molecule has 1 N–H and O–H groups in total. The number of esters is 1. The van der Waals surface area contributed by atoms with E-state index in [-0.39, 0.29) is 12.1 Å². The van der Waals surface area contributed by atoms with Crippen molar-refractivity contribution in [1.82, 2.24) is 14.9 Å². The molecule has 6 heteroatoms. The fourth-order valence-electron chi connectivity index (χ4n) is 3.42. The SMILES string of the molecule is O=C(OC1CN2CCC1CC2)c1cc(Cl)cc2[nH]cnc12. The van der Waals surface area contributed by atoms with Crippen LogP contribution in [0.25, 0.3) is 11.0 Å². The number of aromatic nitrogens is 2. The summed E-state index contributed by atoms with van der Waals surface area (Å²) < 4.78 is 5.75. The van der Waals surface area contributed by atoms with Gasteiger partial charge in [0.1, 0.15) is 11.6 Å². The van der Waals surface area contributed by atoms with Crippen LogP contribution in [-0.4, -0.2) is 46.6 Å². The second kappa shape index (κ2) is 5.00. The zero-order chi connectivity index (χ0) is 14.4. The Balaban J connectivity index is 1.60. The first-order valence-corrected chi connectivity index (χ1v) is 7.64. The third kappa shape index (κ3) is 2.30. The molecule has 21 heavy (non-hydrogen) atoms. The zero-order valence-corrected chi connectivity index (χ0v) is 12.3. The van der Waals surface area contributed by atoms with Crippen LogP contribution in [0.1, 0.15) is 23.2 Å². The molecule has 0 aliphatic carbocycles. The highest BCUT2D eigenvalue weighted by Gasteiger charge is 2.36. The molecule has 4 heterocycles. The molecule has 0 saturated carbocycles. The Morgan fingerprint density at radius 2 is 2.19 bits per heavy atom. The van der Waals surface area contributed by atoms with Gasteiger partial charge in [-0.1, -0.05) is 11.6 Å². The molecule has 3 saturated heterocycles. The van der Waals surface area contributed by atoms with E-state index < -0.39 is 0 Å². The van der Waals surface area contributed by atoms with E-state index in [1.807, 2.05) is 0 Å². The lowest BCUT2D eigenvalue weighted by Gasteiger charge is -2.43. The van der Waals surface area contributed by atoms with Crippen LogP contribution in [0.2, 0.25) is 5.02 Å². The summed E-state index contributed by atoms with van der Waals surface area (Å²) in [6, 6.07) is 3.39. The Bertz CT molecular complexity index is 691. The lowest BCUT2D eigenvalue weighted by atomic mass is 9.86. The fraction of sp³-hybridized carbons (Fsp3) is 0.467. The standard InChI is InChI=1S/C15H16ClN3O2/c16-10-5-11(14-12(6-10)17-8-18-14)15(20)21-13-7-19-3-1-9(13)2-4-19/h5-6,8-9,13H,1-4,7H2,(H,17,18). The Kier molecular flexibility index (Phi) is 3.12. The van der Waals surface area contributed by atoms with Gasteiger partial charge in [-0.2, -0.15) is 0 Å². The number of halogens is 1. The number of imidazole rings is 1. The van der Waals surface area contributed by atoms with Crippen molar-refractivity contribution in [2.75, 3.05) is 19.6 Å². The molecule has 0 radical (unpaired) electrons. The first-order chi connectivity index (χ1) is 10.2. The number of fused-ring (bicyclic) bond motifs is 4. The third-order valence-electron chi connectivity index (χ3n) is 4.56. The van der Waals surface area contributed by atoms with Gasteiger partial charge in [0.05, 0.1) is 17.4 Å². The van der Waals surface area contributed by atoms with Gasteiger partial charge in [-0.3, -0.25) is 4.90 Å². The summed E-state index contributed by atoms with van der Waals surface area (Å²) in [5.74, 6) is 0.168. The Morgan fingerprint density at radius 1 is 1.38 bits per heavy atom. The molecule has 2 bridgehead atoms. The highest BCUT2D eigenvalue weighted by molar-refractivity contribution is 6.31. The Labute approximate surface area is 127 Å². The minimum absolute atomic E-state index is 0.00651. The van der Waals surface area contributed by atoms with Gasteiger partial charge in [-0.25, -0.2) is 9.78 Å². The number of ether oxygens (including phenoxy) is 1. The van der Waals surface area contributed by atoms with Crippen molar-refractivity contribution >= 4 is 28.6 Å². The van der Waals surface area contributed by atoms with E-state index >= 15 is 0 Å². The normalized spacial score (nSPS) is 28.0. The molecule has 1 aromatic carbocycles. The van der Waals surface area contributed by atoms with Gasteiger partial charge in [0.15, 0.2) is 0 Å². The topological polar surface area (TPSA) is 58.2 Å². The molecule has 5 nitrogen and oxygen atoms in total. The number of carbonyl (C=O) groups is 1. The van der Waals surface area contributed by atoms with Crippen LogP contribution >= 0.6 is 11.6 Å². The van der Waals surface area contributed by atoms with E-state index in [0.717, 1.165) is 38.0 Å². The van der Waals surface area contributed by atoms with Crippen LogP contribution in [0, 0.1) is 5.92 Å². The van der Waals surface area contributed by atoms with E-state index in [9.17, 15) is 4.79 Å². The average molecular weight is 306 g/mol. The number of hydrogen-bond donors (Lipinski definition) is 1. The number of piperidine rings is 3. The van der Waals surface area contributed by atoms with Crippen molar-refractivity contribution in [3.8, 4) is 0 Å². The van der Waals surface area contributed by atoms with Gasteiger partial charge >= 0.3 is 5.97 Å². The Morgan fingerprint density at radius 3 is 2.90 bits per heavy atom. The quantitative estimate of drug-likeness (QED) is 0.866. The van der Waals surface area contributed by atoms with E-state index in [2.05, 4.69) is 14.9 Å². The molecule has 3 aliphatic heterocycles. The predicted molar refractivity (Wildman–Crippen MR) is 79.5 cm³/mol. The first kappa shape index (κ1) is 13.1. The minimum atomic E-state index is -0.326. The average Bonchev–Trinajstić information content (AvgIpc) is 2.95. The zero-order valence-electron chi connectivity index (χ0n) is 11.5. The lowest BCUT2D eigenvalue weighted by Crippen LogP contribution is -2.51. The number of carbonyl (C=O) groups excluding carboxylic acids is 1. The summed E-state index contributed by atoms with van der Waals surface area (Å²) in [5.41, 5.74) is 1.81. The number of nitrogens with zero attached hydrogens (tertiary/aromatic N) is 2. The summed E-state index contributed by atoms with van der Waals surface area (Å²) in [6.07, 6.45) is 3.79. The number of nitrogens with one attached hydrogen (secondary N) is 1. The van der Waals surface area contributed by atoms with Crippen molar-refractivity contribution in [3.05, 3.63) is 29.0 Å². The highest BCUT2D eigenvalue weighted by atomic mass is 35.5. The van der Waals surface area contributed by atoms with Gasteiger partial charge in [0.25, 0.3) is 0 Å². The van der Waals surface area contributed by atoms with Crippen LogP contribution in [-0.2, 0) is 4.74 Å². The molecule has 0 spiro atoms. The maximum atomic E-state index is 12.5. The van der Waals surface area contributed by atoms with Crippen molar-refractivity contribution < 1.29 is 9.53 Å². The Hall–Kier alpha value is -1.59. The predicted octanol–water partition coefficient (Wildman–Crippen LogP) is 2.47. The van der Waals surface area contributed by atoms with E-state index in [4.69, 9.17) is 16.3 Å². The minimum Gasteiger partial charge on any atom is -0.457 e. The maximum absolute atomic E-state index is 12.5. The van der Waals surface area contributed by atoms with Gasteiger partial charge in [0, 0.05) is 11.6 Å². The number of H-pyrrole nitrogens is 1.